The fourth-order valence-corrected chi connectivity index (χ4v) is 3.09. The van der Waals surface area contributed by atoms with Crippen molar-refractivity contribution < 1.29 is 22.8 Å². The molecule has 7 heteroatoms. The molecular weight excluding hydrogens is 357 g/mol. The summed E-state index contributed by atoms with van der Waals surface area (Å²) in [6, 6.07) is 10.6. The number of hydrogen-bond acceptors (Lipinski definition) is 2. The van der Waals surface area contributed by atoms with Gasteiger partial charge >= 0.3 is 6.18 Å². The van der Waals surface area contributed by atoms with Crippen LogP contribution in [-0.2, 0) is 6.18 Å². The van der Waals surface area contributed by atoms with Crippen LogP contribution in [0.3, 0.4) is 0 Å². The summed E-state index contributed by atoms with van der Waals surface area (Å²) in [6.45, 7) is 0. The number of anilines is 1. The molecule has 0 aromatic heterocycles. The van der Waals surface area contributed by atoms with Crippen LogP contribution in [0.2, 0.25) is 0 Å². The minimum atomic E-state index is -4.48. The number of alkyl halides is 3. The van der Waals surface area contributed by atoms with Gasteiger partial charge in [-0.15, -0.1) is 0 Å². The maximum Gasteiger partial charge on any atom is 0.416 e. The Morgan fingerprint density at radius 1 is 0.889 bits per heavy atom. The highest BCUT2D eigenvalue weighted by Crippen LogP contribution is 2.30. The maximum atomic E-state index is 12.7. The lowest BCUT2D eigenvalue weighted by atomic mass is 10.1. The zero-order valence-electron chi connectivity index (χ0n) is 14.5. The molecule has 0 heterocycles. The number of rotatable bonds is 4. The summed E-state index contributed by atoms with van der Waals surface area (Å²) >= 11 is 0. The minimum Gasteiger partial charge on any atom is -0.349 e. The molecule has 0 saturated heterocycles. The van der Waals surface area contributed by atoms with Crippen molar-refractivity contribution in [1.29, 1.82) is 0 Å². The summed E-state index contributed by atoms with van der Waals surface area (Å²) in [7, 11) is 0. The second-order valence-electron chi connectivity index (χ2n) is 6.56. The Kier molecular flexibility index (Phi) is 5.48. The first-order valence-corrected chi connectivity index (χ1v) is 8.72. The number of carbonyl (C=O) groups excluding carboxylic acids is 2. The van der Waals surface area contributed by atoms with Gasteiger partial charge in [0, 0.05) is 22.9 Å². The maximum absolute atomic E-state index is 12.7. The van der Waals surface area contributed by atoms with E-state index in [4.69, 9.17) is 0 Å². The van der Waals surface area contributed by atoms with Crippen LogP contribution in [0, 0.1) is 0 Å². The monoisotopic (exact) mass is 376 g/mol. The quantitative estimate of drug-likeness (QED) is 0.817. The van der Waals surface area contributed by atoms with Gasteiger partial charge in [0.15, 0.2) is 0 Å². The van der Waals surface area contributed by atoms with Crippen molar-refractivity contribution in [1.82, 2.24) is 5.32 Å². The molecule has 142 valence electrons. The fraction of sp³-hybridized carbons (Fsp3) is 0.300. The molecule has 2 N–H and O–H groups in total. The third kappa shape index (κ3) is 4.87. The molecule has 2 amide bonds. The Bertz CT molecular complexity index is 826. The van der Waals surface area contributed by atoms with Crippen molar-refractivity contribution >= 4 is 17.5 Å². The van der Waals surface area contributed by atoms with Crippen molar-refractivity contribution in [3.8, 4) is 0 Å². The normalized spacial score (nSPS) is 14.8. The van der Waals surface area contributed by atoms with E-state index in [1.54, 1.807) is 0 Å². The van der Waals surface area contributed by atoms with Crippen LogP contribution < -0.4 is 10.6 Å². The van der Waals surface area contributed by atoms with Gasteiger partial charge in [-0.2, -0.15) is 13.2 Å². The standard InChI is InChI=1S/C20H19F3N2O2/c21-20(22,23)15-4-3-7-17(12-15)25-19(27)14-10-8-13(9-11-14)18(26)24-16-5-1-2-6-16/h3-4,7-12,16H,1-2,5-6H2,(H,24,26)(H,25,27). The second kappa shape index (κ2) is 7.82. The lowest BCUT2D eigenvalue weighted by molar-refractivity contribution is -0.137. The number of nitrogens with one attached hydrogen (secondary N) is 2. The van der Waals surface area contributed by atoms with E-state index in [9.17, 15) is 22.8 Å². The highest BCUT2D eigenvalue weighted by molar-refractivity contribution is 6.05. The van der Waals surface area contributed by atoms with Gasteiger partial charge in [0.25, 0.3) is 11.8 Å². The number of amides is 2. The van der Waals surface area contributed by atoms with Gasteiger partial charge in [0.2, 0.25) is 0 Å². The number of halogens is 3. The summed E-state index contributed by atoms with van der Waals surface area (Å²) in [5.41, 5.74) is -0.0838. The highest BCUT2D eigenvalue weighted by atomic mass is 19.4. The summed E-state index contributed by atoms with van der Waals surface area (Å²) in [5, 5.41) is 5.40. The van der Waals surface area contributed by atoms with E-state index in [-0.39, 0.29) is 23.2 Å². The van der Waals surface area contributed by atoms with Gasteiger partial charge in [-0.25, -0.2) is 0 Å². The van der Waals surface area contributed by atoms with E-state index < -0.39 is 17.6 Å². The Labute approximate surface area is 154 Å². The van der Waals surface area contributed by atoms with E-state index >= 15 is 0 Å². The van der Waals surface area contributed by atoms with E-state index in [0.29, 0.717) is 5.56 Å². The van der Waals surface area contributed by atoms with Gasteiger partial charge in [-0.05, 0) is 55.3 Å². The molecule has 1 saturated carbocycles. The Balaban J connectivity index is 1.64. The zero-order chi connectivity index (χ0) is 19.4. The highest BCUT2D eigenvalue weighted by Gasteiger charge is 2.30. The lowest BCUT2D eigenvalue weighted by Crippen LogP contribution is -2.32. The summed E-state index contributed by atoms with van der Waals surface area (Å²) < 4.78 is 38.2. The first-order valence-electron chi connectivity index (χ1n) is 8.72. The van der Waals surface area contributed by atoms with Crippen molar-refractivity contribution in [3.63, 3.8) is 0 Å². The van der Waals surface area contributed by atoms with Gasteiger partial charge in [0.1, 0.15) is 0 Å². The van der Waals surface area contributed by atoms with E-state index in [0.717, 1.165) is 37.8 Å². The molecule has 1 aliphatic carbocycles. The van der Waals surface area contributed by atoms with Crippen molar-refractivity contribution in [2.24, 2.45) is 0 Å². The second-order valence-corrected chi connectivity index (χ2v) is 6.56. The van der Waals surface area contributed by atoms with Crippen molar-refractivity contribution in [2.75, 3.05) is 5.32 Å². The molecule has 2 aromatic carbocycles. The predicted molar refractivity (Wildman–Crippen MR) is 95.6 cm³/mol. The molecule has 0 spiro atoms. The van der Waals surface area contributed by atoms with Crippen molar-refractivity contribution in [3.05, 3.63) is 65.2 Å². The Morgan fingerprint density at radius 2 is 1.48 bits per heavy atom. The third-order valence-corrected chi connectivity index (χ3v) is 4.55. The molecule has 1 aliphatic rings. The number of carbonyl (C=O) groups is 2. The smallest absolute Gasteiger partial charge is 0.349 e. The van der Waals surface area contributed by atoms with Crippen molar-refractivity contribution in [2.45, 2.75) is 37.9 Å². The fourth-order valence-electron chi connectivity index (χ4n) is 3.09. The SMILES string of the molecule is O=C(Nc1cccc(C(F)(F)F)c1)c1ccc(C(=O)NC2CCCC2)cc1. The molecule has 0 unspecified atom stereocenters. The van der Waals surface area contributed by atoms with E-state index in [1.165, 1.54) is 36.4 Å². The average Bonchev–Trinajstić information content (AvgIpc) is 3.14. The molecule has 0 radical (unpaired) electrons. The molecule has 27 heavy (non-hydrogen) atoms. The largest absolute Gasteiger partial charge is 0.416 e. The number of benzene rings is 2. The lowest BCUT2D eigenvalue weighted by Gasteiger charge is -2.12. The van der Waals surface area contributed by atoms with Crippen LogP contribution in [0.25, 0.3) is 0 Å². The Morgan fingerprint density at radius 3 is 2.07 bits per heavy atom. The third-order valence-electron chi connectivity index (χ3n) is 4.55. The predicted octanol–water partition coefficient (Wildman–Crippen LogP) is 4.63. The molecular formula is C20H19F3N2O2. The minimum absolute atomic E-state index is 0.0536. The van der Waals surface area contributed by atoms with Crippen LogP contribution >= 0.6 is 0 Å². The zero-order valence-corrected chi connectivity index (χ0v) is 14.5. The van der Waals surface area contributed by atoms with Crippen LogP contribution in [0.5, 0.6) is 0 Å². The molecule has 1 fully saturated rings. The molecule has 0 aliphatic heterocycles. The van der Waals surface area contributed by atoms with Crippen LogP contribution in [0.4, 0.5) is 18.9 Å². The summed E-state index contributed by atoms with van der Waals surface area (Å²) in [4.78, 5) is 24.4. The molecule has 0 bridgehead atoms. The molecule has 2 aromatic rings. The van der Waals surface area contributed by atoms with Gasteiger partial charge < -0.3 is 10.6 Å². The van der Waals surface area contributed by atoms with E-state index in [1.807, 2.05) is 0 Å². The first-order chi connectivity index (χ1) is 12.8. The Hall–Kier alpha value is -2.83. The van der Waals surface area contributed by atoms with Crippen LogP contribution in [-0.4, -0.2) is 17.9 Å². The molecule has 3 rings (SSSR count). The van der Waals surface area contributed by atoms with Gasteiger partial charge in [0.05, 0.1) is 5.56 Å². The number of hydrogen-bond donors (Lipinski definition) is 2. The summed E-state index contributed by atoms with van der Waals surface area (Å²) in [5.74, 6) is -0.733. The summed E-state index contributed by atoms with van der Waals surface area (Å²) in [6.07, 6.45) is -0.305. The molecule has 4 nitrogen and oxygen atoms in total. The molecule has 0 atom stereocenters. The topological polar surface area (TPSA) is 58.2 Å². The van der Waals surface area contributed by atoms with Gasteiger partial charge in [-0.3, -0.25) is 9.59 Å². The average molecular weight is 376 g/mol. The van der Waals surface area contributed by atoms with Crippen LogP contribution in [0.1, 0.15) is 52.0 Å². The first kappa shape index (κ1) is 18.9. The van der Waals surface area contributed by atoms with Crippen LogP contribution in [0.15, 0.2) is 48.5 Å². The van der Waals surface area contributed by atoms with Gasteiger partial charge in [-0.1, -0.05) is 18.9 Å². The van der Waals surface area contributed by atoms with E-state index in [2.05, 4.69) is 10.6 Å².